The normalized spacial score (nSPS) is 17.5. The number of nitrogens with zero attached hydrogens (tertiary/aromatic N) is 2. The molecule has 0 radical (unpaired) electrons. The topological polar surface area (TPSA) is 88.7 Å². The summed E-state index contributed by atoms with van der Waals surface area (Å²) in [4.78, 5) is 18.2. The predicted molar refractivity (Wildman–Crippen MR) is 80.0 cm³/mol. The third kappa shape index (κ3) is 3.92. The lowest BCUT2D eigenvalue weighted by molar-refractivity contribution is -0.0734. The molecule has 0 aliphatic carbocycles. The van der Waals surface area contributed by atoms with Gasteiger partial charge in [0.25, 0.3) is 5.91 Å². The molecule has 1 aliphatic heterocycles. The Balaban J connectivity index is 2.10. The summed E-state index contributed by atoms with van der Waals surface area (Å²) in [6.45, 7) is 3.31. The Bertz CT molecular complexity index is 513. The van der Waals surface area contributed by atoms with Gasteiger partial charge in [0.15, 0.2) is 0 Å². The van der Waals surface area contributed by atoms with Crippen LogP contribution in [0, 0.1) is 0 Å². The molecule has 0 unspecified atom stereocenters. The van der Waals surface area contributed by atoms with Gasteiger partial charge in [-0.05, 0) is 18.6 Å². The summed E-state index contributed by atoms with van der Waals surface area (Å²) in [7, 11) is 1.69. The molecular formula is C15H23N3O3. The van der Waals surface area contributed by atoms with E-state index in [4.69, 9.17) is 10.5 Å². The molecule has 1 aromatic rings. The molecule has 0 atom stereocenters. The first-order chi connectivity index (χ1) is 9.93. The number of pyridine rings is 1. The first kappa shape index (κ1) is 15.7. The molecule has 1 aliphatic rings. The van der Waals surface area contributed by atoms with Crippen molar-refractivity contribution in [3.8, 4) is 0 Å². The lowest BCUT2D eigenvalue weighted by Gasteiger charge is -2.35. The van der Waals surface area contributed by atoms with Crippen molar-refractivity contribution in [2.45, 2.75) is 31.8 Å². The Morgan fingerprint density at radius 1 is 1.48 bits per heavy atom. The van der Waals surface area contributed by atoms with Crippen LogP contribution in [0.1, 0.15) is 35.8 Å². The van der Waals surface area contributed by atoms with Crippen molar-refractivity contribution in [1.29, 1.82) is 0 Å². The van der Waals surface area contributed by atoms with Crippen molar-refractivity contribution in [1.82, 2.24) is 9.88 Å². The van der Waals surface area contributed by atoms with Crippen LogP contribution in [-0.2, 0) is 11.2 Å². The lowest BCUT2D eigenvalue weighted by Crippen LogP contribution is -2.47. The van der Waals surface area contributed by atoms with E-state index in [0.717, 1.165) is 12.1 Å². The predicted octanol–water partition coefficient (Wildman–Crippen LogP) is 0.840. The van der Waals surface area contributed by atoms with Gasteiger partial charge in [-0.3, -0.25) is 4.79 Å². The fourth-order valence-corrected chi connectivity index (χ4v) is 2.56. The molecule has 6 heteroatoms. The van der Waals surface area contributed by atoms with Gasteiger partial charge in [-0.1, -0.05) is 6.92 Å². The van der Waals surface area contributed by atoms with E-state index in [1.165, 1.54) is 0 Å². The molecule has 2 rings (SSSR count). The number of carbonyl (C=O) groups excluding carboxylic acids is 1. The van der Waals surface area contributed by atoms with Crippen LogP contribution >= 0.6 is 0 Å². The van der Waals surface area contributed by atoms with E-state index in [9.17, 15) is 9.90 Å². The van der Waals surface area contributed by atoms with E-state index in [2.05, 4.69) is 4.98 Å². The number of hydrogen-bond acceptors (Lipinski definition) is 5. The Kier molecular flexibility index (Phi) is 4.80. The highest BCUT2D eigenvalue weighted by Gasteiger charge is 2.32. The minimum absolute atomic E-state index is 0.154. The summed E-state index contributed by atoms with van der Waals surface area (Å²) in [5.41, 5.74) is 6.17. The van der Waals surface area contributed by atoms with Crippen LogP contribution < -0.4 is 5.73 Å². The molecular weight excluding hydrogens is 270 g/mol. The van der Waals surface area contributed by atoms with Crippen molar-refractivity contribution in [2.75, 3.05) is 32.5 Å². The van der Waals surface area contributed by atoms with Crippen molar-refractivity contribution < 1.29 is 14.6 Å². The number of nitrogen functional groups attached to an aromatic ring is 1. The minimum atomic E-state index is -0.866. The molecule has 1 saturated heterocycles. The molecule has 21 heavy (non-hydrogen) atoms. The van der Waals surface area contributed by atoms with E-state index in [1.807, 2.05) is 6.92 Å². The maximum atomic E-state index is 12.5. The van der Waals surface area contributed by atoms with E-state index in [0.29, 0.717) is 44.0 Å². The van der Waals surface area contributed by atoms with Crippen molar-refractivity contribution in [3.63, 3.8) is 0 Å². The Morgan fingerprint density at radius 3 is 2.76 bits per heavy atom. The number of aromatic nitrogens is 1. The smallest absolute Gasteiger partial charge is 0.253 e. The molecule has 2 heterocycles. The zero-order valence-corrected chi connectivity index (χ0v) is 12.6. The highest BCUT2D eigenvalue weighted by molar-refractivity contribution is 5.94. The average molecular weight is 293 g/mol. The number of anilines is 1. The Morgan fingerprint density at radius 2 is 2.14 bits per heavy atom. The number of ether oxygens (including phenoxy) is 1. The van der Waals surface area contributed by atoms with Crippen LogP contribution in [0.3, 0.4) is 0 Å². The van der Waals surface area contributed by atoms with Gasteiger partial charge in [-0.15, -0.1) is 0 Å². The van der Waals surface area contributed by atoms with E-state index < -0.39 is 5.60 Å². The average Bonchev–Trinajstić information content (AvgIpc) is 2.46. The molecule has 1 fully saturated rings. The maximum Gasteiger partial charge on any atom is 0.253 e. The van der Waals surface area contributed by atoms with E-state index >= 15 is 0 Å². The monoisotopic (exact) mass is 293 g/mol. The second-order valence-corrected chi connectivity index (χ2v) is 5.62. The maximum absolute atomic E-state index is 12.5. The summed E-state index contributed by atoms with van der Waals surface area (Å²) < 4.78 is 5.25. The van der Waals surface area contributed by atoms with Crippen molar-refractivity contribution >= 4 is 11.7 Å². The zero-order valence-electron chi connectivity index (χ0n) is 12.6. The van der Waals surface area contributed by atoms with Gasteiger partial charge in [0.1, 0.15) is 5.82 Å². The first-order valence-corrected chi connectivity index (χ1v) is 7.25. The number of aliphatic hydroxyl groups is 1. The summed E-state index contributed by atoms with van der Waals surface area (Å²) >= 11 is 0. The second kappa shape index (κ2) is 6.41. The number of rotatable bonds is 4. The van der Waals surface area contributed by atoms with Crippen LogP contribution in [0.15, 0.2) is 12.1 Å². The SMILES string of the molecule is CCc1cc(C(=O)N(C)CC2(O)CCOCC2)cc(N)n1. The fourth-order valence-electron chi connectivity index (χ4n) is 2.56. The van der Waals surface area contributed by atoms with Gasteiger partial charge in [0.05, 0.1) is 5.60 Å². The fraction of sp³-hybridized carbons (Fsp3) is 0.600. The first-order valence-electron chi connectivity index (χ1n) is 7.25. The number of hydrogen-bond donors (Lipinski definition) is 2. The number of nitrogens with two attached hydrogens (primary N) is 1. The number of carbonyl (C=O) groups is 1. The zero-order chi connectivity index (χ0) is 15.5. The molecule has 0 aromatic carbocycles. The van der Waals surface area contributed by atoms with Crippen LogP contribution in [0.25, 0.3) is 0 Å². The van der Waals surface area contributed by atoms with E-state index in [-0.39, 0.29) is 5.91 Å². The molecule has 3 N–H and O–H groups in total. The van der Waals surface area contributed by atoms with Crippen molar-refractivity contribution in [3.05, 3.63) is 23.4 Å². The molecule has 0 bridgehead atoms. The van der Waals surface area contributed by atoms with Gasteiger partial charge in [0.2, 0.25) is 0 Å². The number of amides is 1. The minimum Gasteiger partial charge on any atom is -0.388 e. The highest BCUT2D eigenvalue weighted by Crippen LogP contribution is 2.22. The second-order valence-electron chi connectivity index (χ2n) is 5.62. The molecule has 1 amide bonds. The Hall–Kier alpha value is -1.66. The highest BCUT2D eigenvalue weighted by atomic mass is 16.5. The molecule has 116 valence electrons. The quantitative estimate of drug-likeness (QED) is 0.858. The van der Waals surface area contributed by atoms with Gasteiger partial charge in [-0.2, -0.15) is 0 Å². The summed E-state index contributed by atoms with van der Waals surface area (Å²) in [5, 5.41) is 10.5. The van der Waals surface area contributed by atoms with Gasteiger partial charge in [-0.25, -0.2) is 4.98 Å². The lowest BCUT2D eigenvalue weighted by atomic mass is 9.93. The van der Waals surface area contributed by atoms with Gasteiger partial charge < -0.3 is 20.5 Å². The molecule has 0 spiro atoms. The number of aryl methyl sites for hydroxylation is 1. The summed E-state index contributed by atoms with van der Waals surface area (Å²) in [5.74, 6) is 0.189. The van der Waals surface area contributed by atoms with Gasteiger partial charge >= 0.3 is 0 Å². The summed E-state index contributed by atoms with van der Waals surface area (Å²) in [6.07, 6.45) is 1.81. The van der Waals surface area contributed by atoms with Crippen molar-refractivity contribution in [2.24, 2.45) is 0 Å². The third-order valence-electron chi connectivity index (χ3n) is 3.81. The van der Waals surface area contributed by atoms with Crippen LogP contribution in [0.5, 0.6) is 0 Å². The van der Waals surface area contributed by atoms with Crippen LogP contribution in [0.4, 0.5) is 5.82 Å². The largest absolute Gasteiger partial charge is 0.388 e. The standard InChI is InChI=1S/C15H23N3O3/c1-3-12-8-11(9-13(16)17-12)14(19)18(2)10-15(20)4-6-21-7-5-15/h8-9,20H,3-7,10H2,1-2H3,(H2,16,17). The van der Waals surface area contributed by atoms with Crippen LogP contribution in [-0.4, -0.2) is 53.3 Å². The summed E-state index contributed by atoms with van der Waals surface area (Å²) in [6, 6.07) is 3.33. The molecule has 0 saturated carbocycles. The van der Waals surface area contributed by atoms with E-state index in [1.54, 1.807) is 24.1 Å². The molecule has 1 aromatic heterocycles. The van der Waals surface area contributed by atoms with Gasteiger partial charge in [0, 0.05) is 50.9 Å². The number of likely N-dealkylation sites (N-methyl/N-ethyl adjacent to an activating group) is 1. The van der Waals surface area contributed by atoms with Crippen LogP contribution in [0.2, 0.25) is 0 Å². The third-order valence-corrected chi connectivity index (χ3v) is 3.81. The molecule has 6 nitrogen and oxygen atoms in total. The Labute approximate surface area is 124 Å².